The molecule has 118 valence electrons. The van der Waals surface area contributed by atoms with Gasteiger partial charge in [0.15, 0.2) is 0 Å². The van der Waals surface area contributed by atoms with E-state index >= 15 is 0 Å². The number of benzene rings is 1. The lowest BCUT2D eigenvalue weighted by molar-refractivity contribution is -0.00203. The summed E-state index contributed by atoms with van der Waals surface area (Å²) in [6, 6.07) is 5.98. The minimum Gasteiger partial charge on any atom is -0.496 e. The normalized spacial score (nSPS) is 20.2. The third kappa shape index (κ3) is 4.45. The Bertz CT molecular complexity index is 460. The van der Waals surface area contributed by atoms with E-state index in [-0.39, 0.29) is 6.04 Å². The van der Waals surface area contributed by atoms with Crippen LogP contribution in [-0.2, 0) is 4.74 Å². The molecule has 21 heavy (non-hydrogen) atoms. The second-order valence-electron chi connectivity index (χ2n) is 7.05. The van der Waals surface area contributed by atoms with Crippen LogP contribution in [0.4, 0.5) is 0 Å². The molecule has 0 bridgehead atoms. The van der Waals surface area contributed by atoms with Gasteiger partial charge in [0.1, 0.15) is 5.75 Å². The molecule has 1 atom stereocenters. The summed E-state index contributed by atoms with van der Waals surface area (Å²) in [5, 5.41) is 0. The summed E-state index contributed by atoms with van der Waals surface area (Å²) in [6.07, 6.45) is 5.12. The summed E-state index contributed by atoms with van der Waals surface area (Å²) < 4.78 is 11.5. The number of hydrogen-bond donors (Lipinski definition) is 1. The molecule has 0 aromatic heterocycles. The zero-order valence-electron chi connectivity index (χ0n) is 13.8. The second kappa shape index (κ2) is 6.80. The van der Waals surface area contributed by atoms with Gasteiger partial charge in [-0.3, -0.25) is 0 Å². The molecule has 3 heteroatoms. The smallest absolute Gasteiger partial charge is 0.123 e. The quantitative estimate of drug-likeness (QED) is 0.892. The predicted octanol–water partition coefficient (Wildman–Crippen LogP) is 3.99. The lowest BCUT2D eigenvalue weighted by atomic mass is 9.76. The Morgan fingerprint density at radius 1 is 1.29 bits per heavy atom. The lowest BCUT2D eigenvalue weighted by Crippen LogP contribution is -2.29. The highest BCUT2D eigenvalue weighted by molar-refractivity contribution is 5.39. The SMILES string of the molecule is COc1ccc(C)cc1C(N)COC1CCC(C)(C)CC1. The molecule has 1 fully saturated rings. The van der Waals surface area contributed by atoms with Gasteiger partial charge >= 0.3 is 0 Å². The minimum atomic E-state index is -0.130. The maximum Gasteiger partial charge on any atom is 0.123 e. The van der Waals surface area contributed by atoms with E-state index in [4.69, 9.17) is 15.2 Å². The van der Waals surface area contributed by atoms with Crippen molar-refractivity contribution in [1.29, 1.82) is 0 Å². The van der Waals surface area contributed by atoms with Crippen LogP contribution in [0.2, 0.25) is 0 Å². The number of nitrogens with two attached hydrogens (primary N) is 1. The van der Waals surface area contributed by atoms with E-state index in [9.17, 15) is 0 Å². The van der Waals surface area contributed by atoms with Crippen LogP contribution < -0.4 is 10.5 Å². The van der Waals surface area contributed by atoms with Crippen molar-refractivity contribution in [3.05, 3.63) is 29.3 Å². The van der Waals surface area contributed by atoms with Crippen LogP contribution in [0.5, 0.6) is 5.75 Å². The van der Waals surface area contributed by atoms with Crippen molar-refractivity contribution >= 4 is 0 Å². The van der Waals surface area contributed by atoms with Crippen molar-refractivity contribution < 1.29 is 9.47 Å². The number of aryl methyl sites for hydroxylation is 1. The zero-order valence-corrected chi connectivity index (χ0v) is 13.8. The molecule has 1 aromatic carbocycles. The molecule has 1 aliphatic carbocycles. The summed E-state index contributed by atoms with van der Waals surface area (Å²) >= 11 is 0. The van der Waals surface area contributed by atoms with Gasteiger partial charge in [-0.15, -0.1) is 0 Å². The fourth-order valence-electron chi connectivity index (χ4n) is 3.01. The first-order valence-corrected chi connectivity index (χ1v) is 7.93. The average molecular weight is 291 g/mol. The molecule has 0 aliphatic heterocycles. The topological polar surface area (TPSA) is 44.5 Å². The van der Waals surface area contributed by atoms with Gasteiger partial charge < -0.3 is 15.2 Å². The summed E-state index contributed by atoms with van der Waals surface area (Å²) in [6.45, 7) is 7.31. The molecule has 0 radical (unpaired) electrons. The second-order valence-corrected chi connectivity index (χ2v) is 7.05. The molecule has 3 nitrogen and oxygen atoms in total. The van der Waals surface area contributed by atoms with E-state index in [0.717, 1.165) is 24.2 Å². The van der Waals surface area contributed by atoms with Crippen molar-refractivity contribution in [2.24, 2.45) is 11.1 Å². The number of methoxy groups -OCH3 is 1. The zero-order chi connectivity index (χ0) is 15.5. The van der Waals surface area contributed by atoms with Gasteiger partial charge in [-0.25, -0.2) is 0 Å². The van der Waals surface area contributed by atoms with Crippen LogP contribution in [0, 0.1) is 12.3 Å². The van der Waals surface area contributed by atoms with Crippen molar-refractivity contribution in [2.45, 2.75) is 58.6 Å². The first-order chi connectivity index (χ1) is 9.91. The van der Waals surface area contributed by atoms with Gasteiger partial charge in [-0.1, -0.05) is 31.5 Å². The molecule has 1 aliphatic rings. The van der Waals surface area contributed by atoms with Crippen molar-refractivity contribution in [3.8, 4) is 5.75 Å². The Morgan fingerprint density at radius 2 is 1.95 bits per heavy atom. The van der Waals surface area contributed by atoms with Crippen LogP contribution in [0.25, 0.3) is 0 Å². The highest BCUT2D eigenvalue weighted by Gasteiger charge is 2.27. The minimum absolute atomic E-state index is 0.130. The Balaban J connectivity index is 1.90. The van der Waals surface area contributed by atoms with E-state index in [2.05, 4.69) is 26.8 Å². The van der Waals surface area contributed by atoms with Gasteiger partial charge in [0, 0.05) is 5.56 Å². The van der Waals surface area contributed by atoms with Crippen LogP contribution in [0.3, 0.4) is 0 Å². The van der Waals surface area contributed by atoms with Gasteiger partial charge in [-0.05, 0) is 44.1 Å². The maximum atomic E-state index is 6.31. The third-order valence-corrected chi connectivity index (χ3v) is 4.58. The first-order valence-electron chi connectivity index (χ1n) is 7.93. The first kappa shape index (κ1) is 16.3. The monoisotopic (exact) mass is 291 g/mol. The molecule has 0 saturated heterocycles. The lowest BCUT2D eigenvalue weighted by Gasteiger charge is -2.34. The molecule has 0 heterocycles. The standard InChI is InChI=1S/C18H29NO2/c1-13-5-6-17(20-4)15(11-13)16(19)12-21-14-7-9-18(2,3)10-8-14/h5-6,11,14,16H,7-10,12,19H2,1-4H3. The molecule has 2 N–H and O–H groups in total. The van der Waals surface area contributed by atoms with Crippen molar-refractivity contribution in [2.75, 3.05) is 13.7 Å². The van der Waals surface area contributed by atoms with Crippen LogP contribution in [0.1, 0.15) is 56.7 Å². The predicted molar refractivity (Wildman–Crippen MR) is 86.6 cm³/mol. The van der Waals surface area contributed by atoms with E-state index < -0.39 is 0 Å². The summed E-state index contributed by atoms with van der Waals surface area (Å²) in [7, 11) is 1.69. The molecule has 2 rings (SSSR count). The number of hydrogen-bond acceptors (Lipinski definition) is 3. The number of ether oxygens (including phenoxy) is 2. The summed E-state index contributed by atoms with van der Waals surface area (Å²) in [4.78, 5) is 0. The van der Waals surface area contributed by atoms with E-state index in [0.29, 0.717) is 18.1 Å². The number of rotatable bonds is 5. The molecular weight excluding hydrogens is 262 g/mol. The highest BCUT2D eigenvalue weighted by Crippen LogP contribution is 2.36. The molecule has 1 saturated carbocycles. The fourth-order valence-corrected chi connectivity index (χ4v) is 3.01. The Hall–Kier alpha value is -1.06. The fraction of sp³-hybridized carbons (Fsp3) is 0.667. The average Bonchev–Trinajstić information content (AvgIpc) is 2.45. The Morgan fingerprint density at radius 3 is 2.57 bits per heavy atom. The third-order valence-electron chi connectivity index (χ3n) is 4.58. The van der Waals surface area contributed by atoms with E-state index in [1.165, 1.54) is 18.4 Å². The summed E-state index contributed by atoms with van der Waals surface area (Å²) in [5.41, 5.74) is 9.01. The summed E-state index contributed by atoms with van der Waals surface area (Å²) in [5.74, 6) is 0.849. The molecule has 1 aromatic rings. The molecule has 0 amide bonds. The van der Waals surface area contributed by atoms with Crippen molar-refractivity contribution in [1.82, 2.24) is 0 Å². The molecule has 0 spiro atoms. The Labute approximate surface area is 128 Å². The van der Waals surface area contributed by atoms with Crippen molar-refractivity contribution in [3.63, 3.8) is 0 Å². The van der Waals surface area contributed by atoms with Crippen LogP contribution in [0.15, 0.2) is 18.2 Å². The van der Waals surface area contributed by atoms with Gasteiger partial charge in [0.2, 0.25) is 0 Å². The highest BCUT2D eigenvalue weighted by atomic mass is 16.5. The molecule has 1 unspecified atom stereocenters. The molecular formula is C18H29NO2. The van der Waals surface area contributed by atoms with Gasteiger partial charge in [0.05, 0.1) is 25.9 Å². The van der Waals surface area contributed by atoms with E-state index in [1.54, 1.807) is 7.11 Å². The Kier molecular flexibility index (Phi) is 5.28. The maximum absolute atomic E-state index is 6.31. The van der Waals surface area contributed by atoms with Crippen LogP contribution in [-0.4, -0.2) is 19.8 Å². The van der Waals surface area contributed by atoms with E-state index in [1.807, 2.05) is 12.1 Å². The van der Waals surface area contributed by atoms with Gasteiger partial charge in [0.25, 0.3) is 0 Å². The van der Waals surface area contributed by atoms with Crippen LogP contribution >= 0.6 is 0 Å². The van der Waals surface area contributed by atoms with Gasteiger partial charge in [-0.2, -0.15) is 0 Å². The largest absolute Gasteiger partial charge is 0.496 e.